The minimum absolute atomic E-state index is 0.285. The minimum Gasteiger partial charge on any atom is -0.268 e. The lowest BCUT2D eigenvalue weighted by molar-refractivity contribution is 0.560. The molecule has 0 bridgehead atoms. The van der Waals surface area contributed by atoms with E-state index in [1.54, 1.807) is 17.4 Å². The lowest BCUT2D eigenvalue weighted by Gasteiger charge is -2.06. The van der Waals surface area contributed by atoms with E-state index in [0.29, 0.717) is 6.54 Å². The van der Waals surface area contributed by atoms with Crippen molar-refractivity contribution in [3.8, 4) is 10.4 Å². The lowest BCUT2D eigenvalue weighted by Crippen LogP contribution is -2.26. The molecule has 0 aliphatic rings. The Morgan fingerprint density at radius 2 is 1.92 bits per heavy atom. The molecule has 0 spiro atoms. The molecule has 0 amide bonds. The molecule has 0 radical (unpaired) electrons. The normalized spacial score (nSPS) is 12.1. The first-order valence-corrected chi connectivity index (χ1v) is 10.7. The Kier molecular flexibility index (Phi) is 5.70. The summed E-state index contributed by atoms with van der Waals surface area (Å²) in [6.07, 6.45) is 1.58. The number of thiophene rings is 1. The van der Waals surface area contributed by atoms with Crippen molar-refractivity contribution < 1.29 is 8.42 Å². The monoisotopic (exact) mass is 387 g/mol. The third kappa shape index (κ3) is 4.49. The Labute approximate surface area is 158 Å². The Balaban J connectivity index is 1.63. The average molecular weight is 388 g/mol. The number of benzene rings is 1. The summed E-state index contributed by atoms with van der Waals surface area (Å²) in [5.74, 6) is 0. The molecule has 0 aliphatic carbocycles. The fraction of sp³-hybridized carbons (Fsp3) is 0.211. The Morgan fingerprint density at radius 3 is 2.62 bits per heavy atom. The zero-order chi connectivity index (χ0) is 18.6. The summed E-state index contributed by atoms with van der Waals surface area (Å²) in [6.45, 7) is 4.76. The van der Waals surface area contributed by atoms with Gasteiger partial charge in [-0.1, -0.05) is 36.4 Å². The van der Waals surface area contributed by atoms with Crippen LogP contribution in [0.25, 0.3) is 16.5 Å². The number of aryl methyl sites for hydroxylation is 1. The number of nitrogens with one attached hydrogen (secondary N) is 1. The number of nitrogens with zero attached hydrogens (tertiary/aromatic N) is 2. The molecule has 3 aromatic rings. The van der Waals surface area contributed by atoms with Crippen molar-refractivity contribution in [1.29, 1.82) is 0 Å². The molecule has 0 atom stereocenters. The molecule has 136 valence electrons. The predicted molar refractivity (Wildman–Crippen MR) is 107 cm³/mol. The molecule has 2 aromatic heterocycles. The van der Waals surface area contributed by atoms with E-state index in [4.69, 9.17) is 0 Å². The third-order valence-corrected chi connectivity index (χ3v) is 6.00. The quantitative estimate of drug-likeness (QED) is 0.670. The van der Waals surface area contributed by atoms with Gasteiger partial charge >= 0.3 is 0 Å². The molecular formula is C19H21N3O2S2. The van der Waals surface area contributed by atoms with Crippen LogP contribution < -0.4 is 4.72 Å². The van der Waals surface area contributed by atoms with Crippen molar-refractivity contribution in [1.82, 2.24) is 14.5 Å². The molecule has 0 unspecified atom stereocenters. The van der Waals surface area contributed by atoms with Crippen molar-refractivity contribution >= 4 is 27.4 Å². The summed E-state index contributed by atoms with van der Waals surface area (Å²) in [6, 6.07) is 13.4. The topological polar surface area (TPSA) is 64.0 Å². The third-order valence-electron chi connectivity index (χ3n) is 4.02. The standard InChI is InChI=1S/C19H21N3O2S2/c1-15-19(18-9-6-13-25-18)16(2)22(21-15)12-11-20-26(23,24)14-10-17-7-4-3-5-8-17/h3-10,13-14,20H,11-12H2,1-2H3. The SMILES string of the molecule is Cc1nn(CCNS(=O)(=O)C=Cc2ccccc2)c(C)c1-c1cccs1. The van der Waals surface area contributed by atoms with E-state index in [2.05, 4.69) is 15.9 Å². The van der Waals surface area contributed by atoms with Gasteiger partial charge in [0.15, 0.2) is 0 Å². The van der Waals surface area contributed by atoms with Crippen LogP contribution in [-0.4, -0.2) is 24.7 Å². The van der Waals surface area contributed by atoms with Gasteiger partial charge in [-0.15, -0.1) is 11.3 Å². The van der Waals surface area contributed by atoms with E-state index in [-0.39, 0.29) is 6.54 Å². The van der Waals surface area contributed by atoms with Gasteiger partial charge in [-0.05, 0) is 36.9 Å². The maximum Gasteiger partial charge on any atom is 0.233 e. The molecule has 1 aromatic carbocycles. The smallest absolute Gasteiger partial charge is 0.233 e. The highest BCUT2D eigenvalue weighted by Crippen LogP contribution is 2.30. The first-order valence-electron chi connectivity index (χ1n) is 8.27. The molecule has 0 aliphatic heterocycles. The largest absolute Gasteiger partial charge is 0.268 e. The number of sulfonamides is 1. The first-order chi connectivity index (χ1) is 12.5. The van der Waals surface area contributed by atoms with Gasteiger partial charge in [0.2, 0.25) is 10.0 Å². The van der Waals surface area contributed by atoms with Crippen molar-refractivity contribution in [2.24, 2.45) is 0 Å². The molecule has 7 heteroatoms. The summed E-state index contributed by atoms with van der Waals surface area (Å²) in [4.78, 5) is 1.18. The van der Waals surface area contributed by atoms with Crippen molar-refractivity contribution in [3.63, 3.8) is 0 Å². The maximum absolute atomic E-state index is 12.1. The summed E-state index contributed by atoms with van der Waals surface area (Å²) < 4.78 is 28.7. The van der Waals surface area contributed by atoms with Gasteiger partial charge in [0.25, 0.3) is 0 Å². The molecule has 0 saturated carbocycles. The molecule has 2 heterocycles. The second-order valence-electron chi connectivity index (χ2n) is 5.90. The fourth-order valence-electron chi connectivity index (χ4n) is 2.77. The van der Waals surface area contributed by atoms with Gasteiger partial charge in [0.1, 0.15) is 0 Å². The molecule has 26 heavy (non-hydrogen) atoms. The fourth-order valence-corrected chi connectivity index (χ4v) is 4.45. The average Bonchev–Trinajstić information content (AvgIpc) is 3.22. The first kappa shape index (κ1) is 18.6. The van der Waals surface area contributed by atoms with Crippen LogP contribution in [0.3, 0.4) is 0 Å². The van der Waals surface area contributed by atoms with Crippen LogP contribution in [-0.2, 0) is 16.6 Å². The molecule has 0 saturated heterocycles. The Bertz CT molecular complexity index is 989. The predicted octanol–water partition coefficient (Wildman–Crippen LogP) is 3.82. The highest BCUT2D eigenvalue weighted by Gasteiger charge is 2.14. The van der Waals surface area contributed by atoms with Gasteiger partial charge in [-0.3, -0.25) is 4.68 Å². The van der Waals surface area contributed by atoms with Gasteiger partial charge in [-0.2, -0.15) is 5.10 Å². The summed E-state index contributed by atoms with van der Waals surface area (Å²) >= 11 is 1.68. The second-order valence-corrected chi connectivity index (χ2v) is 8.50. The molecule has 1 N–H and O–H groups in total. The highest BCUT2D eigenvalue weighted by molar-refractivity contribution is 7.92. The second kappa shape index (κ2) is 7.99. The van der Waals surface area contributed by atoms with Gasteiger partial charge in [0, 0.05) is 28.1 Å². The van der Waals surface area contributed by atoms with Gasteiger partial charge in [0.05, 0.1) is 12.2 Å². The Morgan fingerprint density at radius 1 is 1.15 bits per heavy atom. The van der Waals surface area contributed by atoms with Crippen molar-refractivity contribution in [2.75, 3.05) is 6.54 Å². The summed E-state index contributed by atoms with van der Waals surface area (Å²) in [5.41, 5.74) is 3.98. The summed E-state index contributed by atoms with van der Waals surface area (Å²) in [7, 11) is -3.48. The molecule has 3 rings (SSSR count). The van der Waals surface area contributed by atoms with Crippen LogP contribution >= 0.6 is 11.3 Å². The highest BCUT2D eigenvalue weighted by atomic mass is 32.2. The number of rotatable bonds is 7. The van der Waals surface area contributed by atoms with Crippen LogP contribution in [0.4, 0.5) is 0 Å². The molecular weight excluding hydrogens is 366 g/mol. The Hall–Kier alpha value is -2.22. The van der Waals surface area contributed by atoms with E-state index in [1.807, 2.05) is 60.3 Å². The maximum atomic E-state index is 12.1. The van der Waals surface area contributed by atoms with Gasteiger partial charge < -0.3 is 0 Å². The van der Waals surface area contributed by atoms with Crippen LogP contribution in [0, 0.1) is 13.8 Å². The van der Waals surface area contributed by atoms with Crippen molar-refractivity contribution in [2.45, 2.75) is 20.4 Å². The van der Waals surface area contributed by atoms with Crippen LogP contribution in [0.1, 0.15) is 17.0 Å². The molecule has 5 nitrogen and oxygen atoms in total. The number of hydrogen-bond donors (Lipinski definition) is 1. The van der Waals surface area contributed by atoms with E-state index >= 15 is 0 Å². The zero-order valence-electron chi connectivity index (χ0n) is 14.7. The van der Waals surface area contributed by atoms with Gasteiger partial charge in [-0.25, -0.2) is 13.1 Å². The zero-order valence-corrected chi connectivity index (χ0v) is 16.3. The van der Waals surface area contributed by atoms with Crippen LogP contribution in [0.15, 0.2) is 53.3 Å². The van der Waals surface area contributed by atoms with E-state index in [1.165, 1.54) is 10.3 Å². The lowest BCUT2D eigenvalue weighted by atomic mass is 10.1. The van der Waals surface area contributed by atoms with E-state index < -0.39 is 10.0 Å². The minimum atomic E-state index is -3.48. The van der Waals surface area contributed by atoms with Crippen LogP contribution in [0.2, 0.25) is 0 Å². The molecule has 0 fully saturated rings. The van der Waals surface area contributed by atoms with Crippen molar-refractivity contribution in [3.05, 3.63) is 70.2 Å². The number of aromatic nitrogens is 2. The number of hydrogen-bond acceptors (Lipinski definition) is 4. The van der Waals surface area contributed by atoms with Crippen LogP contribution in [0.5, 0.6) is 0 Å². The van der Waals surface area contributed by atoms with E-state index in [0.717, 1.165) is 22.5 Å². The summed E-state index contributed by atoms with van der Waals surface area (Å²) in [5, 5.41) is 7.79. The van der Waals surface area contributed by atoms with E-state index in [9.17, 15) is 8.42 Å².